The summed E-state index contributed by atoms with van der Waals surface area (Å²) in [7, 11) is 0. The Hall–Kier alpha value is -4.01. The molecule has 4 rings (SSSR count). The molecule has 0 unspecified atom stereocenters. The van der Waals surface area contributed by atoms with Crippen LogP contribution in [0.5, 0.6) is 0 Å². The van der Waals surface area contributed by atoms with Crippen molar-refractivity contribution in [3.63, 3.8) is 0 Å². The van der Waals surface area contributed by atoms with Crippen LogP contribution >= 0.6 is 0 Å². The fraction of sp³-hybridized carbons (Fsp3) is 0.370. The third kappa shape index (κ3) is 5.00. The quantitative estimate of drug-likeness (QED) is 0.180. The summed E-state index contributed by atoms with van der Waals surface area (Å²) in [6.45, 7) is 7.53. The smallest absolute Gasteiger partial charge is 0.359 e. The molecule has 9 heteroatoms. The van der Waals surface area contributed by atoms with Crippen LogP contribution in [0.15, 0.2) is 45.7 Å². The number of hydrogen-bond acceptors (Lipinski definition) is 7. The number of hydrogen-bond donors (Lipinski definition) is 0. The van der Waals surface area contributed by atoms with Gasteiger partial charge in [0.15, 0.2) is 18.1 Å². The topological polar surface area (TPSA) is 109 Å². The van der Waals surface area contributed by atoms with Gasteiger partial charge in [-0.2, -0.15) is 5.10 Å². The summed E-state index contributed by atoms with van der Waals surface area (Å²) in [5.41, 5.74) is 1.69. The van der Waals surface area contributed by atoms with Crippen molar-refractivity contribution in [3.8, 4) is 5.82 Å². The largest absolute Gasteiger partial charge is 0.452 e. The first kappa shape index (κ1) is 25.1. The zero-order valence-electron chi connectivity index (χ0n) is 21.0. The van der Waals surface area contributed by atoms with Crippen LogP contribution in [0.25, 0.3) is 16.6 Å². The van der Waals surface area contributed by atoms with E-state index in [1.807, 2.05) is 11.5 Å². The molecule has 0 N–H and O–H groups in total. The fourth-order valence-corrected chi connectivity index (χ4v) is 4.36. The number of nitrogens with zero attached hydrogens (tertiary/aromatic N) is 4. The van der Waals surface area contributed by atoms with Crippen LogP contribution in [0.4, 0.5) is 0 Å². The number of aryl methyl sites for hydroxylation is 3. The summed E-state index contributed by atoms with van der Waals surface area (Å²) >= 11 is 0. The number of ketones is 1. The van der Waals surface area contributed by atoms with E-state index >= 15 is 0 Å². The Morgan fingerprint density at radius 2 is 1.78 bits per heavy atom. The molecule has 0 aliphatic heterocycles. The minimum Gasteiger partial charge on any atom is -0.452 e. The van der Waals surface area contributed by atoms with E-state index in [4.69, 9.17) is 9.26 Å². The van der Waals surface area contributed by atoms with Gasteiger partial charge in [0.1, 0.15) is 5.76 Å². The molecule has 0 atom stereocenters. The van der Waals surface area contributed by atoms with Crippen molar-refractivity contribution in [2.75, 3.05) is 6.61 Å². The summed E-state index contributed by atoms with van der Waals surface area (Å²) in [6.07, 6.45) is 3.90. The van der Waals surface area contributed by atoms with Gasteiger partial charge in [0.2, 0.25) is 5.78 Å². The van der Waals surface area contributed by atoms with E-state index in [1.54, 1.807) is 50.2 Å². The van der Waals surface area contributed by atoms with Gasteiger partial charge in [-0.15, -0.1) is 0 Å². The Labute approximate surface area is 208 Å². The first-order valence-electron chi connectivity index (χ1n) is 12.1. The molecule has 0 bridgehead atoms. The maximum Gasteiger partial charge on any atom is 0.359 e. The summed E-state index contributed by atoms with van der Waals surface area (Å²) in [5.74, 6) is 0.143. The highest BCUT2D eigenvalue weighted by Crippen LogP contribution is 2.22. The number of fused-ring (bicyclic) bond motifs is 1. The molecule has 0 radical (unpaired) electrons. The van der Waals surface area contributed by atoms with Crippen molar-refractivity contribution < 1.29 is 18.8 Å². The number of ether oxygens (including phenoxy) is 1. The van der Waals surface area contributed by atoms with Crippen LogP contribution in [0.1, 0.15) is 70.6 Å². The molecule has 0 aliphatic rings. The van der Waals surface area contributed by atoms with Crippen LogP contribution in [0.3, 0.4) is 0 Å². The molecule has 0 saturated carbocycles. The van der Waals surface area contributed by atoms with Gasteiger partial charge < -0.3 is 9.26 Å². The minimum absolute atomic E-state index is 0.0250. The minimum atomic E-state index is -0.747. The SMILES string of the molecule is CCCCCCn1nc(C(=O)OCC(=O)c2cc(C)n(-c3cc(C)on3)c2C)c2ccccc2c1=O. The van der Waals surface area contributed by atoms with Crippen LogP contribution in [-0.4, -0.2) is 37.9 Å². The molecule has 36 heavy (non-hydrogen) atoms. The van der Waals surface area contributed by atoms with Crippen molar-refractivity contribution in [3.05, 3.63) is 75.2 Å². The Morgan fingerprint density at radius 3 is 2.47 bits per heavy atom. The van der Waals surface area contributed by atoms with E-state index in [1.165, 1.54) is 4.68 Å². The zero-order chi connectivity index (χ0) is 25.8. The molecule has 0 saturated heterocycles. The molecule has 3 aromatic heterocycles. The normalized spacial score (nSPS) is 11.2. The molecule has 0 spiro atoms. The maximum absolute atomic E-state index is 13.0. The Morgan fingerprint density at radius 1 is 1.03 bits per heavy atom. The van der Waals surface area contributed by atoms with Crippen LogP contribution in [0.2, 0.25) is 0 Å². The van der Waals surface area contributed by atoms with Gasteiger partial charge in [-0.25, -0.2) is 9.48 Å². The summed E-state index contributed by atoms with van der Waals surface area (Å²) in [4.78, 5) is 38.9. The number of unbranched alkanes of at least 4 members (excludes halogenated alkanes) is 3. The summed E-state index contributed by atoms with van der Waals surface area (Å²) in [6, 6.07) is 10.3. The van der Waals surface area contributed by atoms with Crippen molar-refractivity contribution in [1.82, 2.24) is 19.5 Å². The van der Waals surface area contributed by atoms with Crippen molar-refractivity contribution >= 4 is 22.5 Å². The Kier molecular flexibility index (Phi) is 7.47. The molecule has 0 amide bonds. The fourth-order valence-electron chi connectivity index (χ4n) is 4.36. The van der Waals surface area contributed by atoms with E-state index in [0.717, 1.165) is 31.4 Å². The van der Waals surface area contributed by atoms with Crippen molar-refractivity contribution in [2.24, 2.45) is 0 Å². The average molecular weight is 491 g/mol. The molecule has 3 heterocycles. The number of rotatable bonds is 10. The number of Topliss-reactive ketones (excluding diaryl/α,β-unsaturated/α-hetero) is 1. The second-order valence-corrected chi connectivity index (χ2v) is 8.90. The standard InChI is InChI=1S/C27H30N4O5/c1-5-6-7-10-13-30-26(33)21-12-9-8-11-20(21)25(28-30)27(34)35-16-23(32)22-14-17(2)31(19(22)4)24-15-18(3)36-29-24/h8-9,11-12,14-15H,5-7,10,13,16H2,1-4H3. The predicted molar refractivity (Wildman–Crippen MR) is 135 cm³/mol. The lowest BCUT2D eigenvalue weighted by molar-refractivity contribution is 0.0468. The van der Waals surface area contributed by atoms with Crippen molar-refractivity contribution in [2.45, 2.75) is 59.9 Å². The van der Waals surface area contributed by atoms with E-state index < -0.39 is 12.6 Å². The zero-order valence-corrected chi connectivity index (χ0v) is 21.0. The Balaban J connectivity index is 1.55. The van der Waals surface area contributed by atoms with Gasteiger partial charge in [0, 0.05) is 34.9 Å². The van der Waals surface area contributed by atoms with Crippen LogP contribution in [-0.2, 0) is 11.3 Å². The van der Waals surface area contributed by atoms with E-state index in [-0.39, 0.29) is 17.0 Å². The van der Waals surface area contributed by atoms with Crippen molar-refractivity contribution in [1.29, 1.82) is 0 Å². The van der Waals surface area contributed by atoms with Gasteiger partial charge in [-0.05, 0) is 39.3 Å². The van der Waals surface area contributed by atoms with Gasteiger partial charge in [-0.3, -0.25) is 14.2 Å². The van der Waals surface area contributed by atoms with E-state index in [9.17, 15) is 14.4 Å². The van der Waals surface area contributed by atoms with Gasteiger partial charge in [-0.1, -0.05) is 49.5 Å². The second kappa shape index (κ2) is 10.7. The van der Waals surface area contributed by atoms with E-state index in [2.05, 4.69) is 17.2 Å². The molecule has 9 nitrogen and oxygen atoms in total. The lowest BCUT2D eigenvalue weighted by Gasteiger charge is -2.11. The number of benzene rings is 1. The molecule has 0 aliphatic carbocycles. The molecular weight excluding hydrogens is 460 g/mol. The van der Waals surface area contributed by atoms with Gasteiger partial charge in [0.25, 0.3) is 5.56 Å². The number of esters is 1. The monoisotopic (exact) mass is 490 g/mol. The number of carbonyl (C=O) groups excluding carboxylic acids is 2. The summed E-state index contributed by atoms with van der Waals surface area (Å²) < 4.78 is 13.7. The lowest BCUT2D eigenvalue weighted by Crippen LogP contribution is -2.27. The highest BCUT2D eigenvalue weighted by atomic mass is 16.5. The van der Waals surface area contributed by atoms with Crippen LogP contribution in [0, 0.1) is 20.8 Å². The molecule has 0 fully saturated rings. The molecule has 1 aromatic carbocycles. The maximum atomic E-state index is 13.0. The first-order valence-corrected chi connectivity index (χ1v) is 12.1. The molecule has 188 valence electrons. The number of carbonyl (C=O) groups is 2. The summed E-state index contributed by atoms with van der Waals surface area (Å²) in [5, 5.41) is 9.15. The molecule has 4 aromatic rings. The van der Waals surface area contributed by atoms with Crippen LogP contribution < -0.4 is 5.56 Å². The third-order valence-corrected chi connectivity index (χ3v) is 6.20. The highest BCUT2D eigenvalue weighted by molar-refractivity contribution is 6.04. The second-order valence-electron chi connectivity index (χ2n) is 8.90. The average Bonchev–Trinajstić information content (AvgIpc) is 3.42. The number of aromatic nitrogens is 4. The first-order chi connectivity index (χ1) is 17.3. The lowest BCUT2D eigenvalue weighted by atomic mass is 10.1. The highest BCUT2D eigenvalue weighted by Gasteiger charge is 2.22. The van der Waals surface area contributed by atoms with Gasteiger partial charge >= 0.3 is 5.97 Å². The predicted octanol–water partition coefficient (Wildman–Crippen LogP) is 4.72. The Bertz CT molecular complexity index is 1480. The molecular formula is C27H30N4O5. The third-order valence-electron chi connectivity index (χ3n) is 6.20. The van der Waals surface area contributed by atoms with E-state index in [0.29, 0.717) is 40.2 Å². The van der Waals surface area contributed by atoms with Gasteiger partial charge in [0.05, 0.1) is 5.39 Å².